The van der Waals surface area contributed by atoms with Crippen molar-refractivity contribution >= 4 is 0 Å². The van der Waals surface area contributed by atoms with Crippen molar-refractivity contribution in [2.75, 3.05) is 0 Å². The Labute approximate surface area is 129 Å². The van der Waals surface area contributed by atoms with E-state index >= 15 is 0 Å². The molecule has 1 aromatic rings. The molecule has 1 aromatic heterocycles. The maximum absolute atomic E-state index is 5.67. The first-order valence-electron chi connectivity index (χ1n) is 6.37. The molecule has 100 valence electrons. The Hall–Kier alpha value is -0.201. The maximum atomic E-state index is 5.67. The van der Waals surface area contributed by atoms with Crippen LogP contribution in [0.15, 0.2) is 16.5 Å². The molecule has 0 saturated heterocycles. The van der Waals surface area contributed by atoms with Gasteiger partial charge in [-0.15, -0.1) is 0 Å². The quantitative estimate of drug-likeness (QED) is 0.768. The molecule has 2 fully saturated rings. The van der Waals surface area contributed by atoms with Crippen LogP contribution in [0.4, 0.5) is 0 Å². The molecule has 2 aliphatic carbocycles. The van der Waals surface area contributed by atoms with Crippen molar-refractivity contribution in [2.24, 2.45) is 0 Å². The summed E-state index contributed by atoms with van der Waals surface area (Å²) in [5.41, 5.74) is 0. The predicted molar refractivity (Wildman–Crippen MR) is 73.7 cm³/mol. The Morgan fingerprint density at radius 3 is 1.95 bits per heavy atom. The minimum absolute atomic E-state index is 0. The SMILES string of the molecule is CCCc1ccc([C]2[CH][CH][CH][CH]2)o1.[CH]1[CH][CH][CH][CH]1.[Fe]. The molecular formula is C17H18FeO. The fraction of sp³-hybridized carbons (Fsp3) is 0.176. The van der Waals surface area contributed by atoms with Crippen LogP contribution in [0.1, 0.15) is 24.9 Å². The van der Waals surface area contributed by atoms with Crippen LogP contribution in [0, 0.1) is 63.7 Å². The van der Waals surface area contributed by atoms with Crippen LogP contribution < -0.4 is 0 Å². The summed E-state index contributed by atoms with van der Waals surface area (Å²) in [4.78, 5) is 0. The van der Waals surface area contributed by atoms with Crippen LogP contribution in [0.3, 0.4) is 0 Å². The Balaban J connectivity index is 0.000000256. The molecule has 0 unspecified atom stereocenters. The summed E-state index contributed by atoms with van der Waals surface area (Å²) in [6.07, 6.45) is 20.3. The molecule has 0 aromatic carbocycles. The molecule has 1 nitrogen and oxygen atoms in total. The van der Waals surface area contributed by atoms with Crippen LogP contribution >= 0.6 is 0 Å². The van der Waals surface area contributed by atoms with Crippen molar-refractivity contribution in [3.05, 3.63) is 87.4 Å². The largest absolute Gasteiger partial charge is 0.465 e. The molecule has 0 spiro atoms. The monoisotopic (exact) mass is 294 g/mol. The van der Waals surface area contributed by atoms with E-state index in [-0.39, 0.29) is 17.1 Å². The molecule has 0 atom stereocenters. The van der Waals surface area contributed by atoms with Gasteiger partial charge in [-0.25, -0.2) is 0 Å². The number of furan rings is 1. The fourth-order valence-corrected chi connectivity index (χ4v) is 1.77. The molecule has 0 amide bonds. The van der Waals surface area contributed by atoms with Crippen molar-refractivity contribution in [1.29, 1.82) is 0 Å². The van der Waals surface area contributed by atoms with Crippen molar-refractivity contribution in [2.45, 2.75) is 19.8 Å². The third-order valence-electron chi connectivity index (χ3n) is 2.66. The van der Waals surface area contributed by atoms with E-state index in [2.05, 4.69) is 25.8 Å². The van der Waals surface area contributed by atoms with Gasteiger partial charge in [0.05, 0.1) is 0 Å². The summed E-state index contributed by atoms with van der Waals surface area (Å²) in [6, 6.07) is 4.10. The molecule has 0 aliphatic heterocycles. The molecular weight excluding hydrogens is 276 g/mol. The standard InChI is InChI=1S/C12H13O.C5H5.Fe/c1-2-5-11-8-9-12(13-11)10-6-3-4-7-10;1-2-4-5-3-1;/h3-4,6-9H,2,5H2,1H3;1-5H;. The summed E-state index contributed by atoms with van der Waals surface area (Å²) in [5.74, 6) is 3.23. The predicted octanol–water partition coefficient (Wildman–Crippen LogP) is 4.00. The first-order chi connectivity index (χ1) is 8.90. The summed E-state index contributed by atoms with van der Waals surface area (Å²) in [7, 11) is 0. The fourth-order valence-electron chi connectivity index (χ4n) is 1.77. The average molecular weight is 294 g/mol. The number of rotatable bonds is 3. The van der Waals surface area contributed by atoms with Gasteiger partial charge in [-0.05, 0) is 76.3 Å². The molecule has 0 N–H and O–H groups in total. The normalized spacial score (nSPS) is 18.8. The van der Waals surface area contributed by atoms with Gasteiger partial charge in [0.25, 0.3) is 0 Å². The summed E-state index contributed by atoms with van der Waals surface area (Å²) >= 11 is 0. The van der Waals surface area contributed by atoms with E-state index < -0.39 is 0 Å². The Morgan fingerprint density at radius 1 is 0.842 bits per heavy atom. The molecule has 10 radical (unpaired) electrons. The van der Waals surface area contributed by atoms with Crippen LogP contribution in [0.2, 0.25) is 0 Å². The third-order valence-corrected chi connectivity index (χ3v) is 2.66. The van der Waals surface area contributed by atoms with Gasteiger partial charge >= 0.3 is 0 Å². The second kappa shape index (κ2) is 9.66. The first-order valence-corrected chi connectivity index (χ1v) is 6.37. The zero-order chi connectivity index (χ0) is 12.6. The van der Waals surface area contributed by atoms with Crippen LogP contribution in [0.5, 0.6) is 0 Å². The van der Waals surface area contributed by atoms with Crippen LogP contribution in [-0.4, -0.2) is 0 Å². The van der Waals surface area contributed by atoms with Gasteiger partial charge in [0.15, 0.2) is 0 Å². The molecule has 2 aliphatic rings. The van der Waals surface area contributed by atoms with Crippen LogP contribution in [-0.2, 0) is 23.5 Å². The van der Waals surface area contributed by atoms with Gasteiger partial charge in [-0.1, -0.05) is 6.92 Å². The van der Waals surface area contributed by atoms with Gasteiger partial charge < -0.3 is 4.42 Å². The van der Waals surface area contributed by atoms with Gasteiger partial charge in [0.1, 0.15) is 11.5 Å². The first kappa shape index (κ1) is 16.9. The maximum Gasteiger partial charge on any atom is 0.111 e. The second-order valence-electron chi connectivity index (χ2n) is 4.15. The number of hydrogen-bond donors (Lipinski definition) is 0. The topological polar surface area (TPSA) is 13.1 Å². The molecule has 2 saturated carbocycles. The molecule has 3 rings (SSSR count). The van der Waals surface area contributed by atoms with E-state index in [0.717, 1.165) is 24.4 Å². The Kier molecular flexibility index (Phi) is 8.57. The number of hydrogen-bond acceptors (Lipinski definition) is 1. The van der Waals surface area contributed by atoms with Crippen LogP contribution in [0.25, 0.3) is 0 Å². The summed E-state index contributed by atoms with van der Waals surface area (Å²) in [6.45, 7) is 2.16. The van der Waals surface area contributed by atoms with E-state index in [1.54, 1.807) is 0 Å². The Bertz CT molecular complexity index is 314. The zero-order valence-corrected chi connectivity index (χ0v) is 12.1. The summed E-state index contributed by atoms with van der Waals surface area (Å²) < 4.78 is 5.67. The smallest absolute Gasteiger partial charge is 0.111 e. The van der Waals surface area contributed by atoms with Gasteiger partial charge in [-0.3, -0.25) is 0 Å². The minimum Gasteiger partial charge on any atom is -0.465 e. The molecule has 19 heavy (non-hydrogen) atoms. The molecule has 1 heterocycles. The van der Waals surface area contributed by atoms with E-state index in [9.17, 15) is 0 Å². The van der Waals surface area contributed by atoms with E-state index in [0.29, 0.717) is 0 Å². The third kappa shape index (κ3) is 5.75. The van der Waals surface area contributed by atoms with Gasteiger partial charge in [-0.2, -0.15) is 0 Å². The average Bonchev–Trinajstić information content (AvgIpc) is 3.14. The zero-order valence-electron chi connectivity index (χ0n) is 11.0. The van der Waals surface area contributed by atoms with Crippen molar-refractivity contribution in [3.63, 3.8) is 0 Å². The van der Waals surface area contributed by atoms with E-state index in [1.807, 2.05) is 51.0 Å². The van der Waals surface area contributed by atoms with Crippen molar-refractivity contribution in [3.8, 4) is 0 Å². The second-order valence-corrected chi connectivity index (χ2v) is 4.15. The van der Waals surface area contributed by atoms with E-state index in [1.165, 1.54) is 5.92 Å². The summed E-state index contributed by atoms with van der Waals surface area (Å²) in [5, 5.41) is 0. The molecule has 2 heteroatoms. The van der Waals surface area contributed by atoms with Gasteiger partial charge in [0.2, 0.25) is 0 Å². The number of aryl methyl sites for hydroxylation is 1. The van der Waals surface area contributed by atoms with Gasteiger partial charge in [0, 0.05) is 29.4 Å². The Morgan fingerprint density at radius 2 is 1.42 bits per heavy atom. The van der Waals surface area contributed by atoms with Crippen molar-refractivity contribution in [1.82, 2.24) is 0 Å². The molecule has 0 bridgehead atoms. The van der Waals surface area contributed by atoms with E-state index in [4.69, 9.17) is 4.42 Å². The van der Waals surface area contributed by atoms with Crippen molar-refractivity contribution < 1.29 is 21.5 Å². The minimum atomic E-state index is 0.